The number of imidazole rings is 1. The number of ether oxygens (including phenoxy) is 1. The lowest BCUT2D eigenvalue weighted by molar-refractivity contribution is 0.102. The molecule has 0 atom stereocenters. The lowest BCUT2D eigenvalue weighted by Gasteiger charge is -2.02. The molecule has 24 heavy (non-hydrogen) atoms. The summed E-state index contributed by atoms with van der Waals surface area (Å²) in [6.07, 6.45) is 1.78. The van der Waals surface area contributed by atoms with Crippen LogP contribution in [-0.2, 0) is 0 Å². The van der Waals surface area contributed by atoms with Crippen molar-refractivity contribution >= 4 is 33.5 Å². The number of thioether (sulfide) groups is 1. The van der Waals surface area contributed by atoms with Crippen molar-refractivity contribution in [3.63, 3.8) is 0 Å². The predicted molar refractivity (Wildman–Crippen MR) is 99.8 cm³/mol. The summed E-state index contributed by atoms with van der Waals surface area (Å²) < 4.78 is 6.13. The molecule has 3 rings (SSSR count). The van der Waals surface area contributed by atoms with Crippen LogP contribution >= 0.6 is 27.7 Å². The number of Topliss-reactive ketones (excluding diaryl/α,β-unsaturated/α-hetero) is 1. The van der Waals surface area contributed by atoms with Crippen LogP contribution in [0.5, 0.6) is 5.75 Å². The van der Waals surface area contributed by atoms with Crippen LogP contribution in [0.4, 0.5) is 0 Å². The molecule has 1 aromatic heterocycles. The summed E-state index contributed by atoms with van der Waals surface area (Å²) in [5.74, 6) is 1.13. The second-order valence-electron chi connectivity index (χ2n) is 5.05. The van der Waals surface area contributed by atoms with E-state index in [9.17, 15) is 4.79 Å². The number of halogens is 1. The van der Waals surface area contributed by atoms with Gasteiger partial charge in [0.15, 0.2) is 10.9 Å². The molecule has 1 heterocycles. The van der Waals surface area contributed by atoms with Gasteiger partial charge in [-0.05, 0) is 42.0 Å². The van der Waals surface area contributed by atoms with Gasteiger partial charge < -0.3 is 9.72 Å². The molecule has 0 amide bonds. The first kappa shape index (κ1) is 16.8. The summed E-state index contributed by atoms with van der Waals surface area (Å²) in [4.78, 5) is 19.8. The van der Waals surface area contributed by atoms with Crippen LogP contribution in [0.25, 0.3) is 11.3 Å². The van der Waals surface area contributed by atoms with E-state index in [2.05, 4.69) is 25.9 Å². The maximum absolute atomic E-state index is 12.2. The number of hydrogen-bond acceptors (Lipinski definition) is 4. The molecule has 0 radical (unpaired) electrons. The van der Waals surface area contributed by atoms with E-state index in [1.165, 1.54) is 11.8 Å². The minimum Gasteiger partial charge on any atom is -0.497 e. The fourth-order valence-corrected chi connectivity index (χ4v) is 3.15. The van der Waals surface area contributed by atoms with E-state index >= 15 is 0 Å². The molecule has 0 saturated carbocycles. The van der Waals surface area contributed by atoms with Crippen molar-refractivity contribution in [2.75, 3.05) is 12.9 Å². The number of nitrogens with one attached hydrogen (secondary N) is 1. The first-order chi connectivity index (χ1) is 11.7. The minimum absolute atomic E-state index is 0.0595. The van der Waals surface area contributed by atoms with Crippen LogP contribution in [0.1, 0.15) is 10.4 Å². The summed E-state index contributed by atoms with van der Waals surface area (Å²) in [7, 11) is 1.60. The van der Waals surface area contributed by atoms with Gasteiger partial charge in [0, 0.05) is 10.0 Å². The molecule has 0 saturated heterocycles. The van der Waals surface area contributed by atoms with E-state index in [1.54, 1.807) is 37.6 Å². The Kier molecular flexibility index (Phi) is 5.37. The highest BCUT2D eigenvalue weighted by Crippen LogP contribution is 2.23. The molecular weight excluding hydrogens is 388 g/mol. The molecule has 0 fully saturated rings. The highest BCUT2D eigenvalue weighted by molar-refractivity contribution is 9.10. The van der Waals surface area contributed by atoms with Gasteiger partial charge in [0.05, 0.1) is 24.8 Å². The Balaban J connectivity index is 1.62. The molecule has 0 spiro atoms. The highest BCUT2D eigenvalue weighted by atomic mass is 79.9. The third-order valence-corrected chi connectivity index (χ3v) is 4.88. The van der Waals surface area contributed by atoms with Crippen LogP contribution < -0.4 is 4.74 Å². The third kappa shape index (κ3) is 4.07. The first-order valence-electron chi connectivity index (χ1n) is 7.27. The number of hydrogen-bond donors (Lipinski definition) is 1. The quantitative estimate of drug-likeness (QED) is 0.474. The Morgan fingerprint density at radius 2 is 1.88 bits per heavy atom. The van der Waals surface area contributed by atoms with Gasteiger partial charge in [0.1, 0.15) is 5.75 Å². The SMILES string of the molecule is COc1ccc(C(=O)CSc2ncc(-c3ccc(Br)cc3)[nH]2)cc1. The molecule has 1 N–H and O–H groups in total. The van der Waals surface area contributed by atoms with Crippen LogP contribution in [0.3, 0.4) is 0 Å². The van der Waals surface area contributed by atoms with Crippen molar-refractivity contribution < 1.29 is 9.53 Å². The van der Waals surface area contributed by atoms with E-state index in [0.717, 1.165) is 26.6 Å². The fourth-order valence-electron chi connectivity index (χ4n) is 2.15. The summed E-state index contributed by atoms with van der Waals surface area (Å²) in [6.45, 7) is 0. The number of H-pyrrole nitrogens is 1. The van der Waals surface area contributed by atoms with Crippen molar-refractivity contribution in [2.45, 2.75) is 5.16 Å². The van der Waals surface area contributed by atoms with Gasteiger partial charge in [0.25, 0.3) is 0 Å². The average molecular weight is 403 g/mol. The second-order valence-corrected chi connectivity index (χ2v) is 6.93. The zero-order chi connectivity index (χ0) is 16.9. The molecule has 3 aromatic rings. The molecule has 0 aliphatic rings. The van der Waals surface area contributed by atoms with Gasteiger partial charge in [-0.1, -0.05) is 39.8 Å². The van der Waals surface area contributed by atoms with Gasteiger partial charge in [-0.15, -0.1) is 0 Å². The number of carbonyl (C=O) groups is 1. The summed E-state index contributed by atoms with van der Waals surface area (Å²) >= 11 is 4.82. The number of aromatic nitrogens is 2. The van der Waals surface area contributed by atoms with E-state index in [1.807, 2.05) is 24.3 Å². The van der Waals surface area contributed by atoms with Crippen molar-refractivity contribution in [2.24, 2.45) is 0 Å². The Morgan fingerprint density at radius 1 is 1.17 bits per heavy atom. The number of methoxy groups -OCH3 is 1. The first-order valence-corrected chi connectivity index (χ1v) is 9.04. The van der Waals surface area contributed by atoms with Gasteiger partial charge in [-0.25, -0.2) is 4.98 Å². The Morgan fingerprint density at radius 3 is 2.54 bits per heavy atom. The van der Waals surface area contributed by atoms with Crippen molar-refractivity contribution in [3.05, 3.63) is 64.8 Å². The number of aromatic amines is 1. The van der Waals surface area contributed by atoms with Crippen molar-refractivity contribution in [1.82, 2.24) is 9.97 Å². The third-order valence-electron chi connectivity index (χ3n) is 3.46. The van der Waals surface area contributed by atoms with Gasteiger partial charge in [-0.3, -0.25) is 4.79 Å². The Labute approximate surface area is 152 Å². The monoisotopic (exact) mass is 402 g/mol. The van der Waals surface area contributed by atoms with Crippen molar-refractivity contribution in [1.29, 1.82) is 0 Å². The molecule has 122 valence electrons. The average Bonchev–Trinajstić information content (AvgIpc) is 3.09. The van der Waals surface area contributed by atoms with Crippen LogP contribution in [0, 0.1) is 0 Å². The van der Waals surface area contributed by atoms with Gasteiger partial charge >= 0.3 is 0 Å². The number of rotatable bonds is 6. The number of ketones is 1. The smallest absolute Gasteiger partial charge is 0.173 e. The topological polar surface area (TPSA) is 55.0 Å². The second kappa shape index (κ2) is 7.68. The molecule has 0 aliphatic heterocycles. The maximum Gasteiger partial charge on any atom is 0.173 e. The number of nitrogens with zero attached hydrogens (tertiary/aromatic N) is 1. The summed E-state index contributed by atoms with van der Waals surface area (Å²) in [6, 6.07) is 15.1. The van der Waals surface area contributed by atoms with E-state index in [4.69, 9.17) is 4.74 Å². The Bertz CT molecular complexity index is 829. The lowest BCUT2D eigenvalue weighted by Crippen LogP contribution is -2.02. The highest BCUT2D eigenvalue weighted by Gasteiger charge is 2.09. The van der Waals surface area contributed by atoms with E-state index in [0.29, 0.717) is 11.3 Å². The van der Waals surface area contributed by atoms with Crippen LogP contribution in [0.15, 0.2) is 64.4 Å². The fraction of sp³-hybridized carbons (Fsp3) is 0.111. The number of carbonyl (C=O) groups excluding carboxylic acids is 1. The van der Waals surface area contributed by atoms with Gasteiger partial charge in [-0.2, -0.15) is 0 Å². The minimum atomic E-state index is 0.0595. The molecule has 4 nitrogen and oxygen atoms in total. The van der Waals surface area contributed by atoms with E-state index < -0.39 is 0 Å². The molecule has 2 aromatic carbocycles. The van der Waals surface area contributed by atoms with Crippen LogP contribution in [0.2, 0.25) is 0 Å². The molecular formula is C18H15BrN2O2S. The standard InChI is InChI=1S/C18H15BrN2O2S/c1-23-15-8-4-13(5-9-15)17(22)11-24-18-20-10-16(21-18)12-2-6-14(19)7-3-12/h2-10H,11H2,1H3,(H,20,21). The molecule has 6 heteroatoms. The molecule has 0 aliphatic carbocycles. The molecule has 0 unspecified atom stereocenters. The predicted octanol–water partition coefficient (Wildman–Crippen LogP) is 4.82. The van der Waals surface area contributed by atoms with Crippen LogP contribution in [-0.4, -0.2) is 28.6 Å². The lowest BCUT2D eigenvalue weighted by atomic mass is 10.1. The maximum atomic E-state index is 12.2. The normalized spacial score (nSPS) is 10.6. The Hall–Kier alpha value is -2.05. The summed E-state index contributed by atoms with van der Waals surface area (Å²) in [5, 5.41) is 0.731. The zero-order valence-electron chi connectivity index (χ0n) is 13.0. The van der Waals surface area contributed by atoms with E-state index in [-0.39, 0.29) is 5.78 Å². The molecule has 0 bridgehead atoms. The largest absolute Gasteiger partial charge is 0.497 e. The summed E-state index contributed by atoms with van der Waals surface area (Å²) in [5.41, 5.74) is 2.66. The number of benzene rings is 2. The van der Waals surface area contributed by atoms with Crippen molar-refractivity contribution in [3.8, 4) is 17.0 Å². The van der Waals surface area contributed by atoms with Gasteiger partial charge in [0.2, 0.25) is 0 Å². The zero-order valence-corrected chi connectivity index (χ0v) is 15.4.